The van der Waals surface area contributed by atoms with E-state index in [0.717, 1.165) is 12.8 Å². The predicted octanol–water partition coefficient (Wildman–Crippen LogP) is 1.96. The number of esters is 1. The van der Waals surface area contributed by atoms with Crippen molar-refractivity contribution in [3.8, 4) is 0 Å². The molecule has 1 saturated carbocycles. The Hall–Kier alpha value is -1.06. The topological polar surface area (TPSA) is 58.9 Å². The van der Waals surface area contributed by atoms with Crippen molar-refractivity contribution in [2.45, 2.75) is 39.5 Å². The van der Waals surface area contributed by atoms with Crippen LogP contribution in [0.3, 0.4) is 0 Å². The van der Waals surface area contributed by atoms with Crippen LogP contribution < -0.4 is 0 Å². The zero-order valence-electron chi connectivity index (χ0n) is 8.75. The molecule has 0 aromatic rings. The van der Waals surface area contributed by atoms with Gasteiger partial charge in [-0.25, -0.2) is 0 Å². The quantitative estimate of drug-likeness (QED) is 0.429. The average molecular weight is 199 g/mol. The van der Waals surface area contributed by atoms with Gasteiger partial charge in [-0.3, -0.25) is 4.79 Å². The Balaban J connectivity index is 2.90. The molecule has 0 aromatic carbocycles. The Bertz CT molecular complexity index is 250. The first-order chi connectivity index (χ1) is 6.71. The van der Waals surface area contributed by atoms with Gasteiger partial charge in [-0.1, -0.05) is 12.1 Å². The average Bonchev–Trinajstić information content (AvgIpc) is 2.61. The van der Waals surface area contributed by atoms with Crippen molar-refractivity contribution in [3.63, 3.8) is 0 Å². The minimum atomic E-state index is -0.648. The van der Waals surface area contributed by atoms with Gasteiger partial charge in [0.2, 0.25) is 0 Å². The summed E-state index contributed by atoms with van der Waals surface area (Å²) < 4.78 is 5.02. The Morgan fingerprint density at radius 1 is 1.64 bits per heavy atom. The van der Waals surface area contributed by atoms with E-state index < -0.39 is 5.41 Å². The van der Waals surface area contributed by atoms with Gasteiger partial charge in [0, 0.05) is 0 Å². The summed E-state index contributed by atoms with van der Waals surface area (Å²) in [5, 5.41) is 12.1. The Labute approximate surface area is 83.9 Å². The number of hydrogen-bond donors (Lipinski definition) is 1. The van der Waals surface area contributed by atoms with Crippen molar-refractivity contribution >= 4 is 11.7 Å². The highest BCUT2D eigenvalue weighted by atomic mass is 16.5. The Kier molecular flexibility index (Phi) is 3.49. The summed E-state index contributed by atoms with van der Waals surface area (Å²) in [6, 6.07) is 0. The van der Waals surface area contributed by atoms with E-state index in [0.29, 0.717) is 25.2 Å². The number of rotatable bonds is 3. The highest BCUT2D eigenvalue weighted by Gasteiger charge is 2.46. The van der Waals surface area contributed by atoms with Crippen LogP contribution in [-0.2, 0) is 9.53 Å². The van der Waals surface area contributed by atoms with Crippen LogP contribution in [-0.4, -0.2) is 23.5 Å². The van der Waals surface area contributed by atoms with Crippen molar-refractivity contribution in [3.05, 3.63) is 0 Å². The highest BCUT2D eigenvalue weighted by molar-refractivity contribution is 6.07. The van der Waals surface area contributed by atoms with E-state index in [1.54, 1.807) is 6.92 Å². The van der Waals surface area contributed by atoms with Crippen LogP contribution in [0.1, 0.15) is 39.5 Å². The summed E-state index contributed by atoms with van der Waals surface area (Å²) in [4.78, 5) is 11.8. The zero-order chi connectivity index (χ0) is 10.6. The van der Waals surface area contributed by atoms with E-state index in [1.807, 2.05) is 6.92 Å². The summed E-state index contributed by atoms with van der Waals surface area (Å²) in [6.45, 7) is 4.08. The van der Waals surface area contributed by atoms with Crippen LogP contribution in [0, 0.1) is 5.41 Å². The summed E-state index contributed by atoms with van der Waals surface area (Å²) >= 11 is 0. The third-order valence-corrected chi connectivity index (χ3v) is 2.96. The Morgan fingerprint density at radius 2 is 2.36 bits per heavy atom. The maximum Gasteiger partial charge on any atom is 0.317 e. The van der Waals surface area contributed by atoms with Crippen molar-refractivity contribution in [1.82, 2.24) is 0 Å². The van der Waals surface area contributed by atoms with Gasteiger partial charge in [-0.15, -0.1) is 0 Å². The lowest BCUT2D eigenvalue weighted by molar-refractivity contribution is -0.151. The van der Waals surface area contributed by atoms with Crippen LogP contribution >= 0.6 is 0 Å². The molecule has 0 unspecified atom stereocenters. The first-order valence-electron chi connectivity index (χ1n) is 5.10. The van der Waals surface area contributed by atoms with Crippen LogP contribution in [0.15, 0.2) is 5.16 Å². The first-order valence-corrected chi connectivity index (χ1v) is 5.10. The van der Waals surface area contributed by atoms with Gasteiger partial charge in [0.25, 0.3) is 0 Å². The van der Waals surface area contributed by atoms with Crippen molar-refractivity contribution in [2.75, 3.05) is 6.61 Å². The zero-order valence-corrected chi connectivity index (χ0v) is 8.75. The number of nitrogens with zero attached hydrogens (tertiary/aromatic N) is 1. The molecule has 1 fully saturated rings. The predicted molar refractivity (Wildman–Crippen MR) is 52.4 cm³/mol. The summed E-state index contributed by atoms with van der Waals surface area (Å²) in [7, 11) is 0. The molecule has 1 aliphatic carbocycles. The molecule has 1 aliphatic rings. The van der Waals surface area contributed by atoms with Gasteiger partial charge in [-0.2, -0.15) is 0 Å². The largest absolute Gasteiger partial charge is 0.465 e. The number of oxime groups is 1. The second-order valence-electron chi connectivity index (χ2n) is 3.56. The van der Waals surface area contributed by atoms with Gasteiger partial charge < -0.3 is 9.94 Å². The molecule has 0 heterocycles. The third-order valence-electron chi connectivity index (χ3n) is 2.96. The second kappa shape index (κ2) is 4.44. The molecule has 0 spiro atoms. The minimum absolute atomic E-state index is 0.243. The standard InChI is InChI=1S/C10H17NO3/c1-3-10(9(12)14-4-2)7-5-6-8(10)11-13/h13H,3-7H2,1-2H3/b11-8+/t10-/m0/s1. The van der Waals surface area contributed by atoms with Gasteiger partial charge in [0.05, 0.1) is 12.3 Å². The summed E-state index contributed by atoms with van der Waals surface area (Å²) in [6.07, 6.45) is 2.97. The van der Waals surface area contributed by atoms with Crippen LogP contribution in [0.5, 0.6) is 0 Å². The lowest BCUT2D eigenvalue weighted by Gasteiger charge is -2.24. The van der Waals surface area contributed by atoms with Gasteiger partial charge in [0.1, 0.15) is 5.41 Å². The number of hydrogen-bond acceptors (Lipinski definition) is 4. The van der Waals surface area contributed by atoms with Crippen LogP contribution in [0.25, 0.3) is 0 Å². The molecule has 4 heteroatoms. The van der Waals surface area contributed by atoms with E-state index in [9.17, 15) is 4.79 Å². The fourth-order valence-corrected chi connectivity index (χ4v) is 2.10. The molecule has 1 rings (SSSR count). The van der Waals surface area contributed by atoms with E-state index in [2.05, 4.69) is 5.16 Å². The highest BCUT2D eigenvalue weighted by Crippen LogP contribution is 2.39. The maximum atomic E-state index is 11.8. The third kappa shape index (κ3) is 1.61. The normalized spacial score (nSPS) is 29.4. The number of carbonyl (C=O) groups excluding carboxylic acids is 1. The smallest absolute Gasteiger partial charge is 0.317 e. The fraction of sp³-hybridized carbons (Fsp3) is 0.800. The molecule has 0 aromatic heterocycles. The molecular formula is C10H17NO3. The number of carbonyl (C=O) groups is 1. The lowest BCUT2D eigenvalue weighted by atomic mass is 9.82. The SMILES string of the molecule is CCOC(=O)[C@@]1(CC)CCC/C1=N\O. The van der Waals surface area contributed by atoms with Crippen molar-refractivity contribution < 1.29 is 14.7 Å². The van der Waals surface area contributed by atoms with E-state index in [-0.39, 0.29) is 5.97 Å². The molecule has 4 nitrogen and oxygen atoms in total. The van der Waals surface area contributed by atoms with Gasteiger partial charge in [-0.05, 0) is 32.6 Å². The molecular weight excluding hydrogens is 182 g/mol. The molecule has 0 radical (unpaired) electrons. The monoisotopic (exact) mass is 199 g/mol. The maximum absolute atomic E-state index is 11.8. The summed E-state index contributed by atoms with van der Waals surface area (Å²) in [5.41, 5.74) is -0.0662. The first kappa shape index (κ1) is 11.0. The molecule has 1 atom stereocenters. The van der Waals surface area contributed by atoms with E-state index >= 15 is 0 Å². The minimum Gasteiger partial charge on any atom is -0.465 e. The second-order valence-corrected chi connectivity index (χ2v) is 3.56. The molecule has 80 valence electrons. The van der Waals surface area contributed by atoms with E-state index in [1.165, 1.54) is 0 Å². The Morgan fingerprint density at radius 3 is 2.86 bits per heavy atom. The summed E-state index contributed by atoms with van der Waals surface area (Å²) in [5.74, 6) is -0.243. The van der Waals surface area contributed by atoms with Crippen molar-refractivity contribution in [1.29, 1.82) is 0 Å². The van der Waals surface area contributed by atoms with Crippen LogP contribution in [0.2, 0.25) is 0 Å². The van der Waals surface area contributed by atoms with E-state index in [4.69, 9.17) is 9.94 Å². The van der Waals surface area contributed by atoms with Gasteiger partial charge >= 0.3 is 5.97 Å². The molecule has 0 bridgehead atoms. The van der Waals surface area contributed by atoms with Gasteiger partial charge in [0.15, 0.2) is 0 Å². The fourth-order valence-electron chi connectivity index (χ4n) is 2.10. The molecule has 0 saturated heterocycles. The molecule has 0 amide bonds. The van der Waals surface area contributed by atoms with Crippen LogP contribution in [0.4, 0.5) is 0 Å². The lowest BCUT2D eigenvalue weighted by Crippen LogP contribution is -2.36. The van der Waals surface area contributed by atoms with Crippen molar-refractivity contribution in [2.24, 2.45) is 10.6 Å². The molecule has 1 N–H and O–H groups in total. The molecule has 0 aliphatic heterocycles. The number of ether oxygens (including phenoxy) is 1. The molecule has 14 heavy (non-hydrogen) atoms.